The molecular formula is C22H26ClNO. The predicted molar refractivity (Wildman–Crippen MR) is 107 cm³/mol. The molecule has 1 atom stereocenters. The first kappa shape index (κ1) is 18.0. The highest BCUT2D eigenvalue weighted by Gasteiger charge is 2.30. The van der Waals surface area contributed by atoms with Gasteiger partial charge in [0, 0.05) is 10.6 Å². The first-order valence-electron chi connectivity index (χ1n) is 9.03. The molecule has 1 N–H and O–H groups in total. The fraction of sp³-hybridized carbons (Fsp3) is 0.409. The number of phenols is 1. The van der Waals surface area contributed by atoms with Crippen LogP contribution in [0, 0.1) is 0 Å². The van der Waals surface area contributed by atoms with Gasteiger partial charge in [-0.25, -0.2) is 0 Å². The van der Waals surface area contributed by atoms with Gasteiger partial charge >= 0.3 is 0 Å². The van der Waals surface area contributed by atoms with Crippen LogP contribution in [-0.2, 0) is 0 Å². The highest BCUT2D eigenvalue weighted by atomic mass is 35.5. The molecule has 2 aromatic carbocycles. The number of aromatic hydroxyl groups is 1. The molecule has 0 unspecified atom stereocenters. The number of hydrogen-bond acceptors (Lipinski definition) is 2. The van der Waals surface area contributed by atoms with Crippen molar-refractivity contribution >= 4 is 23.0 Å². The second-order valence-electron chi connectivity index (χ2n) is 7.61. The molecule has 2 nitrogen and oxygen atoms in total. The van der Waals surface area contributed by atoms with Crippen LogP contribution in [0.3, 0.4) is 0 Å². The summed E-state index contributed by atoms with van der Waals surface area (Å²) in [5.41, 5.74) is 6.35. The van der Waals surface area contributed by atoms with Gasteiger partial charge in [0.05, 0.1) is 11.4 Å². The van der Waals surface area contributed by atoms with E-state index in [0.29, 0.717) is 16.9 Å². The lowest BCUT2D eigenvalue weighted by molar-refractivity contribution is 0.474. The van der Waals surface area contributed by atoms with Gasteiger partial charge in [0.2, 0.25) is 0 Å². The van der Waals surface area contributed by atoms with Crippen molar-refractivity contribution < 1.29 is 5.11 Å². The number of fused-ring (bicyclic) bond motifs is 1. The molecule has 1 aliphatic carbocycles. The zero-order chi connectivity index (χ0) is 18.3. The van der Waals surface area contributed by atoms with Crippen LogP contribution in [0.5, 0.6) is 5.75 Å². The summed E-state index contributed by atoms with van der Waals surface area (Å²) in [5.74, 6) is 1.33. The Bertz CT molecular complexity index is 810. The van der Waals surface area contributed by atoms with Gasteiger partial charge in [-0.3, -0.25) is 4.99 Å². The van der Waals surface area contributed by atoms with Gasteiger partial charge in [0.1, 0.15) is 5.75 Å². The van der Waals surface area contributed by atoms with Crippen LogP contribution in [0.15, 0.2) is 35.3 Å². The minimum Gasteiger partial charge on any atom is -0.507 e. The fourth-order valence-corrected chi connectivity index (χ4v) is 4.08. The summed E-state index contributed by atoms with van der Waals surface area (Å²) < 4.78 is 0. The number of aliphatic imine (C=N–C) groups is 1. The second-order valence-corrected chi connectivity index (χ2v) is 8.02. The Hall–Kier alpha value is -1.80. The summed E-state index contributed by atoms with van der Waals surface area (Å²) in [4.78, 5) is 5.09. The molecule has 0 aromatic heterocycles. The van der Waals surface area contributed by atoms with Crippen LogP contribution in [0.4, 0.5) is 5.69 Å². The Balaban J connectivity index is 2.24. The fourth-order valence-electron chi connectivity index (χ4n) is 3.74. The summed E-state index contributed by atoms with van der Waals surface area (Å²) in [5, 5.41) is 11.2. The number of nitrogens with zero attached hydrogens (tertiary/aromatic N) is 1. The average Bonchev–Trinajstić information content (AvgIpc) is 2.88. The normalized spacial score (nSPS) is 18.4. The first-order chi connectivity index (χ1) is 11.8. The molecule has 0 fully saturated rings. The van der Waals surface area contributed by atoms with E-state index in [-0.39, 0.29) is 11.7 Å². The van der Waals surface area contributed by atoms with Crippen LogP contribution >= 0.6 is 11.6 Å². The lowest BCUT2D eigenvalue weighted by Gasteiger charge is -2.17. The highest BCUT2D eigenvalue weighted by molar-refractivity contribution is 6.32. The maximum absolute atomic E-state index is 10.4. The Morgan fingerprint density at radius 1 is 1.04 bits per heavy atom. The summed E-state index contributed by atoms with van der Waals surface area (Å²) in [6.45, 7) is 10.9. The number of para-hydroxylation sites is 1. The van der Waals surface area contributed by atoms with E-state index in [2.05, 4.69) is 52.8 Å². The smallest absolute Gasteiger partial charge is 0.125 e. The van der Waals surface area contributed by atoms with E-state index in [1.54, 1.807) is 12.1 Å². The van der Waals surface area contributed by atoms with E-state index < -0.39 is 0 Å². The van der Waals surface area contributed by atoms with Gasteiger partial charge in [-0.1, -0.05) is 64.4 Å². The monoisotopic (exact) mass is 355 g/mol. The van der Waals surface area contributed by atoms with E-state index in [9.17, 15) is 5.11 Å². The number of benzene rings is 2. The van der Waals surface area contributed by atoms with Crippen LogP contribution in [0.2, 0.25) is 5.02 Å². The lowest BCUT2D eigenvalue weighted by atomic mass is 9.92. The molecule has 0 spiro atoms. The van der Waals surface area contributed by atoms with Crippen molar-refractivity contribution in [3.8, 4) is 5.75 Å². The van der Waals surface area contributed by atoms with Crippen LogP contribution in [-0.4, -0.2) is 10.8 Å². The molecule has 132 valence electrons. The van der Waals surface area contributed by atoms with Gasteiger partial charge in [-0.15, -0.1) is 0 Å². The van der Waals surface area contributed by atoms with Crippen molar-refractivity contribution in [3.05, 3.63) is 57.6 Å². The van der Waals surface area contributed by atoms with Crippen LogP contribution in [0.25, 0.3) is 0 Å². The van der Waals surface area contributed by atoms with Gasteiger partial charge in [-0.05, 0) is 53.0 Å². The third kappa shape index (κ3) is 3.20. The third-order valence-corrected chi connectivity index (χ3v) is 5.37. The minimum absolute atomic E-state index is 0.266. The maximum Gasteiger partial charge on any atom is 0.125 e. The van der Waals surface area contributed by atoms with E-state index >= 15 is 0 Å². The topological polar surface area (TPSA) is 32.6 Å². The molecular weight excluding hydrogens is 330 g/mol. The summed E-state index contributed by atoms with van der Waals surface area (Å²) >= 11 is 6.40. The van der Waals surface area contributed by atoms with Gasteiger partial charge in [-0.2, -0.15) is 0 Å². The van der Waals surface area contributed by atoms with Crippen LogP contribution < -0.4 is 0 Å². The van der Waals surface area contributed by atoms with Crippen molar-refractivity contribution in [1.82, 2.24) is 0 Å². The highest BCUT2D eigenvalue weighted by Crippen LogP contribution is 2.44. The molecule has 0 saturated heterocycles. The zero-order valence-corrected chi connectivity index (χ0v) is 16.4. The standard InChI is InChI=1S/C22H26ClNO/c1-12(2)15-7-6-8-16(13(3)4)22(15)24-18-11-14(5)20-17(23)9-10-19(25)21(18)20/h6-10,12-14,25H,11H2,1-5H3/t14-/m0/s1. The van der Waals surface area contributed by atoms with Crippen molar-refractivity contribution in [3.63, 3.8) is 0 Å². The first-order valence-corrected chi connectivity index (χ1v) is 9.41. The number of hydrogen-bond donors (Lipinski definition) is 1. The van der Waals surface area contributed by atoms with Gasteiger partial charge < -0.3 is 5.11 Å². The SMILES string of the molecule is CC(C)c1cccc(C(C)C)c1N=C1C[C@H](C)c2c(Cl)ccc(O)c21. The molecule has 0 saturated carbocycles. The summed E-state index contributed by atoms with van der Waals surface area (Å²) in [6.07, 6.45) is 0.802. The van der Waals surface area contributed by atoms with E-state index in [1.165, 1.54) is 11.1 Å². The van der Waals surface area contributed by atoms with Crippen molar-refractivity contribution in [2.24, 2.45) is 4.99 Å². The summed E-state index contributed by atoms with van der Waals surface area (Å²) in [7, 11) is 0. The molecule has 0 bridgehead atoms. The number of rotatable bonds is 3. The molecule has 0 aliphatic heterocycles. The quantitative estimate of drug-likeness (QED) is 0.636. The van der Waals surface area contributed by atoms with E-state index in [0.717, 1.165) is 28.9 Å². The largest absolute Gasteiger partial charge is 0.507 e. The lowest BCUT2D eigenvalue weighted by Crippen LogP contribution is -2.00. The summed E-state index contributed by atoms with van der Waals surface area (Å²) in [6, 6.07) is 9.89. The molecule has 1 aliphatic rings. The van der Waals surface area contributed by atoms with Gasteiger partial charge in [0.25, 0.3) is 0 Å². The molecule has 0 heterocycles. The third-order valence-electron chi connectivity index (χ3n) is 5.04. The number of phenolic OH excluding ortho intramolecular Hbond substituents is 1. The molecule has 3 rings (SSSR count). The Morgan fingerprint density at radius 3 is 2.20 bits per heavy atom. The average molecular weight is 356 g/mol. The predicted octanol–water partition coefficient (Wildman–Crippen LogP) is 6.92. The van der Waals surface area contributed by atoms with Gasteiger partial charge in [0.15, 0.2) is 0 Å². The molecule has 25 heavy (non-hydrogen) atoms. The molecule has 0 radical (unpaired) electrons. The molecule has 2 aromatic rings. The van der Waals surface area contributed by atoms with Crippen molar-refractivity contribution in [2.75, 3.05) is 0 Å². The van der Waals surface area contributed by atoms with E-state index in [4.69, 9.17) is 16.6 Å². The van der Waals surface area contributed by atoms with Crippen molar-refractivity contribution in [2.45, 2.75) is 58.8 Å². The van der Waals surface area contributed by atoms with E-state index in [1.807, 2.05) is 0 Å². The van der Waals surface area contributed by atoms with Crippen molar-refractivity contribution in [1.29, 1.82) is 0 Å². The maximum atomic E-state index is 10.4. The zero-order valence-electron chi connectivity index (χ0n) is 15.6. The Kier molecular flexibility index (Phi) is 4.92. The van der Waals surface area contributed by atoms with Crippen LogP contribution in [0.1, 0.15) is 81.0 Å². The Morgan fingerprint density at radius 2 is 1.64 bits per heavy atom. The second kappa shape index (κ2) is 6.84. The Labute approximate surface area is 155 Å². The molecule has 3 heteroatoms. The molecule has 0 amide bonds. The number of halogens is 1. The minimum atomic E-state index is 0.266.